The predicted molar refractivity (Wildman–Crippen MR) is 79.1 cm³/mol. The number of esters is 1. The topological polar surface area (TPSA) is 52.6 Å². The highest BCUT2D eigenvalue weighted by molar-refractivity contribution is 5.99. The van der Waals surface area contributed by atoms with Gasteiger partial charge in [0.25, 0.3) is 0 Å². The van der Waals surface area contributed by atoms with Crippen LogP contribution in [0.4, 0.5) is 0 Å². The molecule has 4 heteroatoms. The molecule has 0 radical (unpaired) electrons. The average molecular weight is 284 g/mol. The molecule has 21 heavy (non-hydrogen) atoms. The zero-order chi connectivity index (χ0) is 15.4. The zero-order valence-electron chi connectivity index (χ0n) is 12.2. The van der Waals surface area contributed by atoms with E-state index in [1.807, 2.05) is 6.92 Å². The third-order valence-corrected chi connectivity index (χ3v) is 3.04. The van der Waals surface area contributed by atoms with E-state index in [1.54, 1.807) is 49.6 Å². The van der Waals surface area contributed by atoms with E-state index in [9.17, 15) is 9.59 Å². The van der Waals surface area contributed by atoms with Crippen molar-refractivity contribution < 1.29 is 19.1 Å². The van der Waals surface area contributed by atoms with E-state index in [2.05, 4.69) is 0 Å². The second kappa shape index (κ2) is 6.22. The fraction of sp³-hybridized carbons (Fsp3) is 0.176. The van der Waals surface area contributed by atoms with E-state index in [0.29, 0.717) is 16.9 Å². The Labute approximate surface area is 123 Å². The Kier molecular flexibility index (Phi) is 4.38. The number of hydrogen-bond acceptors (Lipinski definition) is 4. The van der Waals surface area contributed by atoms with Crippen LogP contribution in [0.2, 0.25) is 0 Å². The highest BCUT2D eigenvalue weighted by Crippen LogP contribution is 2.22. The summed E-state index contributed by atoms with van der Waals surface area (Å²) in [6.07, 6.45) is 0. The van der Waals surface area contributed by atoms with Crippen molar-refractivity contribution in [3.63, 3.8) is 0 Å². The normalized spacial score (nSPS) is 10.0. The molecule has 2 rings (SSSR count). The molecule has 0 aliphatic rings. The lowest BCUT2D eigenvalue weighted by Gasteiger charge is -2.09. The maximum Gasteiger partial charge on any atom is 0.343 e. The van der Waals surface area contributed by atoms with Gasteiger partial charge in [-0.1, -0.05) is 11.6 Å². The molecule has 0 aliphatic carbocycles. The summed E-state index contributed by atoms with van der Waals surface area (Å²) >= 11 is 0. The number of methoxy groups -OCH3 is 1. The summed E-state index contributed by atoms with van der Waals surface area (Å²) in [4.78, 5) is 23.7. The van der Waals surface area contributed by atoms with Crippen molar-refractivity contribution >= 4 is 11.8 Å². The number of ketones is 1. The smallest absolute Gasteiger partial charge is 0.343 e. The molecule has 0 N–H and O–H groups in total. The Morgan fingerprint density at radius 3 is 2.24 bits per heavy atom. The molecule has 0 bridgehead atoms. The van der Waals surface area contributed by atoms with Crippen LogP contribution < -0.4 is 9.47 Å². The van der Waals surface area contributed by atoms with Crippen LogP contribution in [0.15, 0.2) is 42.5 Å². The third kappa shape index (κ3) is 3.48. The lowest BCUT2D eigenvalue weighted by atomic mass is 10.1. The van der Waals surface area contributed by atoms with Crippen LogP contribution >= 0.6 is 0 Å². The highest BCUT2D eigenvalue weighted by atomic mass is 16.5. The second-order valence-electron chi connectivity index (χ2n) is 4.67. The molecule has 0 saturated carbocycles. The molecule has 2 aromatic carbocycles. The van der Waals surface area contributed by atoms with Gasteiger partial charge in [-0.25, -0.2) is 4.79 Å². The predicted octanol–water partition coefficient (Wildman–Crippen LogP) is 3.43. The molecular weight excluding hydrogens is 268 g/mol. The Balaban J connectivity index is 2.24. The van der Waals surface area contributed by atoms with Gasteiger partial charge in [0.15, 0.2) is 5.78 Å². The molecule has 0 saturated heterocycles. The van der Waals surface area contributed by atoms with E-state index >= 15 is 0 Å². The van der Waals surface area contributed by atoms with Crippen molar-refractivity contribution in [2.75, 3.05) is 7.11 Å². The van der Waals surface area contributed by atoms with E-state index < -0.39 is 5.97 Å². The molecule has 0 unspecified atom stereocenters. The average Bonchev–Trinajstić information content (AvgIpc) is 2.49. The molecule has 108 valence electrons. The van der Waals surface area contributed by atoms with Crippen molar-refractivity contribution in [3.05, 3.63) is 59.2 Å². The fourth-order valence-electron chi connectivity index (χ4n) is 1.89. The molecule has 0 amide bonds. The summed E-state index contributed by atoms with van der Waals surface area (Å²) in [6, 6.07) is 11.7. The van der Waals surface area contributed by atoms with Gasteiger partial charge in [0, 0.05) is 0 Å². The van der Waals surface area contributed by atoms with E-state index in [1.165, 1.54) is 6.92 Å². The Hall–Kier alpha value is -2.62. The van der Waals surface area contributed by atoms with E-state index in [0.717, 1.165) is 5.56 Å². The maximum absolute atomic E-state index is 12.1. The largest absolute Gasteiger partial charge is 0.497 e. The fourth-order valence-corrected chi connectivity index (χ4v) is 1.89. The summed E-state index contributed by atoms with van der Waals surface area (Å²) in [5.41, 5.74) is 1.73. The maximum atomic E-state index is 12.1. The SMILES string of the molecule is COc1ccc(C(=O)Oc2ccc(C)cc2C(C)=O)cc1. The van der Waals surface area contributed by atoms with E-state index in [-0.39, 0.29) is 11.5 Å². The molecule has 2 aromatic rings. The standard InChI is InChI=1S/C17H16O4/c1-11-4-9-16(15(10-11)12(2)18)21-17(19)13-5-7-14(20-3)8-6-13/h4-10H,1-3H3. The number of hydrogen-bond donors (Lipinski definition) is 0. The summed E-state index contributed by atoms with van der Waals surface area (Å²) in [6.45, 7) is 3.32. The summed E-state index contributed by atoms with van der Waals surface area (Å²) < 4.78 is 10.4. The van der Waals surface area contributed by atoms with Crippen LogP contribution in [0, 0.1) is 6.92 Å². The first-order chi connectivity index (χ1) is 10.0. The number of carbonyl (C=O) groups excluding carboxylic acids is 2. The van der Waals surface area contributed by atoms with Gasteiger partial charge in [-0.15, -0.1) is 0 Å². The first-order valence-electron chi connectivity index (χ1n) is 6.49. The minimum atomic E-state index is -0.510. The zero-order valence-corrected chi connectivity index (χ0v) is 12.2. The number of ether oxygens (including phenoxy) is 2. The van der Waals surface area contributed by atoms with Crippen molar-refractivity contribution in [1.29, 1.82) is 0 Å². The third-order valence-electron chi connectivity index (χ3n) is 3.04. The Morgan fingerprint density at radius 1 is 1.00 bits per heavy atom. The summed E-state index contributed by atoms with van der Waals surface area (Å²) in [5, 5.41) is 0. The highest BCUT2D eigenvalue weighted by Gasteiger charge is 2.14. The molecular formula is C17H16O4. The van der Waals surface area contributed by atoms with Gasteiger partial charge in [-0.05, 0) is 50.2 Å². The Morgan fingerprint density at radius 2 is 1.67 bits per heavy atom. The second-order valence-corrected chi connectivity index (χ2v) is 4.67. The van der Waals surface area contributed by atoms with Gasteiger partial charge >= 0.3 is 5.97 Å². The number of rotatable bonds is 4. The first-order valence-corrected chi connectivity index (χ1v) is 6.49. The number of benzene rings is 2. The molecule has 0 fully saturated rings. The lowest BCUT2D eigenvalue weighted by molar-refractivity contribution is 0.0733. The van der Waals surface area contributed by atoms with Crippen molar-refractivity contribution in [1.82, 2.24) is 0 Å². The quantitative estimate of drug-likeness (QED) is 0.490. The van der Waals surface area contributed by atoms with Gasteiger partial charge in [-0.3, -0.25) is 4.79 Å². The van der Waals surface area contributed by atoms with Gasteiger partial charge in [0.1, 0.15) is 11.5 Å². The lowest BCUT2D eigenvalue weighted by Crippen LogP contribution is -2.11. The molecule has 0 aliphatic heterocycles. The molecule has 4 nitrogen and oxygen atoms in total. The van der Waals surface area contributed by atoms with Crippen LogP contribution in [-0.2, 0) is 0 Å². The molecule has 0 aromatic heterocycles. The van der Waals surface area contributed by atoms with E-state index in [4.69, 9.17) is 9.47 Å². The summed E-state index contributed by atoms with van der Waals surface area (Å²) in [5.74, 6) is 0.278. The van der Waals surface area contributed by atoms with Crippen molar-refractivity contribution in [2.45, 2.75) is 13.8 Å². The molecule has 0 atom stereocenters. The summed E-state index contributed by atoms with van der Waals surface area (Å²) in [7, 11) is 1.55. The van der Waals surface area contributed by atoms with Crippen molar-refractivity contribution in [2.24, 2.45) is 0 Å². The first kappa shape index (κ1) is 14.8. The Bertz CT molecular complexity index is 672. The van der Waals surface area contributed by atoms with Crippen LogP contribution in [0.3, 0.4) is 0 Å². The molecule has 0 spiro atoms. The van der Waals surface area contributed by atoms with Gasteiger partial charge in [0.05, 0.1) is 18.2 Å². The van der Waals surface area contributed by atoms with Crippen LogP contribution in [0.5, 0.6) is 11.5 Å². The van der Waals surface area contributed by atoms with Crippen molar-refractivity contribution in [3.8, 4) is 11.5 Å². The van der Waals surface area contributed by atoms with Crippen LogP contribution in [0.1, 0.15) is 33.2 Å². The number of Topliss-reactive ketones (excluding diaryl/α,β-unsaturated/α-hetero) is 1. The van der Waals surface area contributed by atoms with Gasteiger partial charge in [-0.2, -0.15) is 0 Å². The number of aryl methyl sites for hydroxylation is 1. The van der Waals surface area contributed by atoms with Crippen LogP contribution in [-0.4, -0.2) is 18.9 Å². The van der Waals surface area contributed by atoms with Crippen LogP contribution in [0.25, 0.3) is 0 Å². The monoisotopic (exact) mass is 284 g/mol. The van der Waals surface area contributed by atoms with Gasteiger partial charge in [0.2, 0.25) is 0 Å². The minimum Gasteiger partial charge on any atom is -0.497 e. The number of carbonyl (C=O) groups is 2. The van der Waals surface area contributed by atoms with Gasteiger partial charge < -0.3 is 9.47 Å². The molecule has 0 heterocycles. The minimum absolute atomic E-state index is 0.142.